The molecule has 1 fully saturated rings. The number of carbonyl (C=O) groups is 2. The minimum absolute atomic E-state index is 0.0973. The van der Waals surface area contributed by atoms with Gasteiger partial charge in [-0.1, -0.05) is 0 Å². The molecule has 0 aliphatic carbocycles. The third-order valence-electron chi connectivity index (χ3n) is 2.44. The van der Waals surface area contributed by atoms with Crippen LogP contribution in [-0.4, -0.2) is 29.0 Å². The fraction of sp³-hybridized carbons (Fsp3) is 0.0909. The van der Waals surface area contributed by atoms with E-state index in [9.17, 15) is 14.7 Å². The first kappa shape index (κ1) is 13.6. The number of phenols is 1. The van der Waals surface area contributed by atoms with Crippen LogP contribution in [0.15, 0.2) is 17.8 Å². The van der Waals surface area contributed by atoms with Gasteiger partial charge in [-0.3, -0.25) is 9.69 Å². The number of urea groups is 1. The van der Waals surface area contributed by atoms with Gasteiger partial charge in [0.15, 0.2) is 0 Å². The summed E-state index contributed by atoms with van der Waals surface area (Å²) in [4.78, 5) is 24.0. The normalized spacial score (nSPS) is 17.5. The van der Waals surface area contributed by atoms with Crippen LogP contribution in [-0.2, 0) is 4.79 Å². The quantitative estimate of drug-likeness (QED) is 0.376. The number of benzene rings is 1. The van der Waals surface area contributed by atoms with Crippen molar-refractivity contribution in [3.8, 4) is 5.75 Å². The Morgan fingerprint density at radius 2 is 2.00 bits per heavy atom. The van der Waals surface area contributed by atoms with Crippen molar-refractivity contribution < 1.29 is 14.7 Å². The maximum atomic E-state index is 11.7. The monoisotopic (exact) mass is 470 g/mol. The average molecular weight is 470 g/mol. The van der Waals surface area contributed by atoms with Crippen LogP contribution >= 0.6 is 45.2 Å². The van der Waals surface area contributed by atoms with Gasteiger partial charge >= 0.3 is 6.03 Å². The number of nitrogens with zero attached hydrogens (tertiary/aromatic N) is 1. The second kappa shape index (κ2) is 5.03. The van der Waals surface area contributed by atoms with E-state index >= 15 is 0 Å². The van der Waals surface area contributed by atoms with Gasteiger partial charge in [0.1, 0.15) is 11.4 Å². The summed E-state index contributed by atoms with van der Waals surface area (Å²) < 4.78 is 1.63. The predicted octanol–water partition coefficient (Wildman–Crippen LogP) is 2.12. The van der Waals surface area contributed by atoms with Gasteiger partial charge in [0, 0.05) is 16.2 Å². The second-order valence-electron chi connectivity index (χ2n) is 3.68. The molecule has 18 heavy (non-hydrogen) atoms. The molecule has 3 amide bonds. The zero-order valence-corrected chi connectivity index (χ0v) is 13.5. The third-order valence-corrected chi connectivity index (χ3v) is 3.88. The first-order chi connectivity index (χ1) is 8.40. The minimum atomic E-state index is -0.467. The summed E-state index contributed by atoms with van der Waals surface area (Å²) in [7, 11) is 1.40. The number of imide groups is 1. The van der Waals surface area contributed by atoms with Crippen LogP contribution in [0.2, 0.25) is 0 Å². The molecule has 94 valence electrons. The maximum absolute atomic E-state index is 11.7. The number of hydrogen-bond donors (Lipinski definition) is 2. The maximum Gasteiger partial charge on any atom is 0.328 e. The van der Waals surface area contributed by atoms with Crippen LogP contribution in [0.1, 0.15) is 5.56 Å². The van der Waals surface area contributed by atoms with E-state index in [2.05, 4.69) is 27.9 Å². The molecule has 1 heterocycles. The molecule has 1 aromatic carbocycles. The smallest absolute Gasteiger partial charge is 0.328 e. The van der Waals surface area contributed by atoms with E-state index in [0.717, 1.165) is 8.47 Å². The summed E-state index contributed by atoms with van der Waals surface area (Å²) >= 11 is 4.13. The van der Waals surface area contributed by atoms with Crippen LogP contribution in [0.4, 0.5) is 4.79 Å². The Kier molecular flexibility index (Phi) is 3.80. The molecule has 0 spiro atoms. The summed E-state index contributed by atoms with van der Waals surface area (Å²) in [6.45, 7) is 0. The fourth-order valence-corrected chi connectivity index (χ4v) is 3.36. The SMILES string of the molecule is CN1C(=O)N/C(=C/c2cc(I)cc(I)c2O)C1=O. The third kappa shape index (κ3) is 2.46. The number of nitrogens with one attached hydrogen (secondary N) is 1. The molecule has 0 aromatic heterocycles. The number of halogens is 2. The van der Waals surface area contributed by atoms with Crippen molar-refractivity contribution in [2.75, 3.05) is 7.05 Å². The molecule has 5 nitrogen and oxygen atoms in total. The van der Waals surface area contributed by atoms with E-state index in [4.69, 9.17) is 0 Å². The van der Waals surface area contributed by atoms with Gasteiger partial charge in [0.05, 0.1) is 3.57 Å². The van der Waals surface area contributed by atoms with Crippen molar-refractivity contribution in [3.63, 3.8) is 0 Å². The molecular formula is C11H8I2N2O3. The Labute approximate surface area is 131 Å². The number of rotatable bonds is 1. The zero-order valence-electron chi connectivity index (χ0n) is 9.20. The standard InChI is InChI=1S/C11H8I2N2O3/c1-15-10(17)8(14-11(15)18)3-5-2-6(12)4-7(13)9(5)16/h2-4,16H,1H3,(H,14,18)/b8-3+. The van der Waals surface area contributed by atoms with E-state index in [1.54, 1.807) is 6.07 Å². The highest BCUT2D eigenvalue weighted by atomic mass is 127. The number of hydrogen-bond acceptors (Lipinski definition) is 3. The predicted molar refractivity (Wildman–Crippen MR) is 82.8 cm³/mol. The van der Waals surface area contributed by atoms with Crippen LogP contribution in [0.5, 0.6) is 5.75 Å². The minimum Gasteiger partial charge on any atom is -0.506 e. The lowest BCUT2D eigenvalue weighted by molar-refractivity contribution is -0.121. The van der Waals surface area contributed by atoms with Gasteiger partial charge < -0.3 is 10.4 Å². The molecule has 1 saturated heterocycles. The van der Waals surface area contributed by atoms with Crippen LogP contribution in [0.25, 0.3) is 6.08 Å². The van der Waals surface area contributed by atoms with Crippen molar-refractivity contribution in [2.24, 2.45) is 0 Å². The van der Waals surface area contributed by atoms with Gasteiger partial charge in [-0.15, -0.1) is 0 Å². The first-order valence-electron chi connectivity index (χ1n) is 4.89. The Morgan fingerprint density at radius 1 is 1.33 bits per heavy atom. The molecule has 0 unspecified atom stereocenters. The molecule has 0 radical (unpaired) electrons. The van der Waals surface area contributed by atoms with Gasteiger partial charge in [-0.25, -0.2) is 4.79 Å². The average Bonchev–Trinajstić information content (AvgIpc) is 2.53. The Morgan fingerprint density at radius 3 is 2.56 bits per heavy atom. The highest BCUT2D eigenvalue weighted by Crippen LogP contribution is 2.29. The Hall–Kier alpha value is -0.840. The highest BCUT2D eigenvalue weighted by molar-refractivity contribution is 14.1. The number of aromatic hydroxyl groups is 1. The van der Waals surface area contributed by atoms with Gasteiger partial charge in [-0.2, -0.15) is 0 Å². The van der Waals surface area contributed by atoms with Crippen molar-refractivity contribution in [3.05, 3.63) is 30.5 Å². The van der Waals surface area contributed by atoms with Crippen molar-refractivity contribution in [1.82, 2.24) is 10.2 Å². The summed E-state index contributed by atoms with van der Waals surface area (Å²) in [5.74, 6) is -0.312. The van der Waals surface area contributed by atoms with Gasteiger partial charge in [-0.05, 0) is 63.4 Å². The van der Waals surface area contributed by atoms with Crippen LogP contribution in [0.3, 0.4) is 0 Å². The van der Waals surface area contributed by atoms with E-state index in [0.29, 0.717) is 9.13 Å². The first-order valence-corrected chi connectivity index (χ1v) is 7.04. The molecule has 1 aliphatic rings. The van der Waals surface area contributed by atoms with E-state index in [1.807, 2.05) is 28.7 Å². The summed E-state index contributed by atoms with van der Waals surface area (Å²) in [5.41, 5.74) is 0.667. The molecule has 2 N–H and O–H groups in total. The number of likely N-dealkylation sites (N-methyl/N-ethyl adjacent to an activating group) is 1. The second-order valence-corrected chi connectivity index (χ2v) is 6.09. The lowest BCUT2D eigenvalue weighted by Crippen LogP contribution is -2.25. The number of phenolic OH excluding ortho intramolecular Hbond substituents is 1. The topological polar surface area (TPSA) is 69.6 Å². The van der Waals surface area contributed by atoms with Crippen molar-refractivity contribution in [2.45, 2.75) is 0 Å². The highest BCUT2D eigenvalue weighted by Gasteiger charge is 2.30. The largest absolute Gasteiger partial charge is 0.506 e. The lowest BCUT2D eigenvalue weighted by atomic mass is 10.1. The molecule has 2 rings (SSSR count). The van der Waals surface area contributed by atoms with Crippen LogP contribution in [0, 0.1) is 7.14 Å². The molecule has 1 aliphatic heterocycles. The molecule has 7 heteroatoms. The van der Waals surface area contributed by atoms with E-state index in [-0.39, 0.29) is 11.4 Å². The number of amides is 3. The lowest BCUT2D eigenvalue weighted by Gasteiger charge is -2.04. The molecular weight excluding hydrogens is 462 g/mol. The zero-order chi connectivity index (χ0) is 13.4. The van der Waals surface area contributed by atoms with Crippen molar-refractivity contribution in [1.29, 1.82) is 0 Å². The van der Waals surface area contributed by atoms with E-state index in [1.165, 1.54) is 13.1 Å². The van der Waals surface area contributed by atoms with Crippen LogP contribution < -0.4 is 5.32 Å². The van der Waals surface area contributed by atoms with Crippen molar-refractivity contribution >= 4 is 63.2 Å². The molecule has 1 aromatic rings. The summed E-state index contributed by atoms with van der Waals surface area (Å²) in [5, 5.41) is 12.4. The molecule has 0 bridgehead atoms. The number of carbonyl (C=O) groups excluding carboxylic acids is 2. The van der Waals surface area contributed by atoms with E-state index < -0.39 is 11.9 Å². The summed E-state index contributed by atoms with van der Waals surface area (Å²) in [6.07, 6.45) is 1.48. The fourth-order valence-electron chi connectivity index (χ4n) is 1.47. The van der Waals surface area contributed by atoms with Gasteiger partial charge in [0.2, 0.25) is 0 Å². The van der Waals surface area contributed by atoms with Gasteiger partial charge in [0.25, 0.3) is 5.91 Å². The molecule has 0 atom stereocenters. The Balaban J connectivity index is 2.46. The Bertz CT molecular complexity index is 584. The summed E-state index contributed by atoms with van der Waals surface area (Å²) in [6, 6.07) is 3.09. The molecule has 0 saturated carbocycles.